The van der Waals surface area contributed by atoms with E-state index in [1.807, 2.05) is 57.2 Å². The lowest BCUT2D eigenvalue weighted by Gasteiger charge is -2.41. The summed E-state index contributed by atoms with van der Waals surface area (Å²) in [6.45, 7) is 6.33. The quantitative estimate of drug-likeness (QED) is 0.652. The van der Waals surface area contributed by atoms with Gasteiger partial charge < -0.3 is 14.7 Å². The molecule has 3 amide bonds. The van der Waals surface area contributed by atoms with Gasteiger partial charge in [-0.15, -0.1) is 0 Å². The second kappa shape index (κ2) is 10.9. The largest absolute Gasteiger partial charge is 0.340 e. The van der Waals surface area contributed by atoms with Gasteiger partial charge in [-0.2, -0.15) is 0 Å². The van der Waals surface area contributed by atoms with Gasteiger partial charge in [-0.3, -0.25) is 14.4 Å². The normalized spacial score (nSPS) is 18.4. The Morgan fingerprint density at radius 2 is 1.62 bits per heavy atom. The third-order valence-corrected chi connectivity index (χ3v) is 7.18. The highest BCUT2D eigenvalue weighted by molar-refractivity contribution is 5.94. The van der Waals surface area contributed by atoms with Gasteiger partial charge in [0.15, 0.2) is 0 Å². The smallest absolute Gasteiger partial charge is 0.253 e. The van der Waals surface area contributed by atoms with Crippen LogP contribution in [0.1, 0.15) is 67.1 Å². The summed E-state index contributed by atoms with van der Waals surface area (Å²) in [5.74, 6) is 0.174. The standard InChI is InChI=1S/C28H35N3O3/c1-3-16-31(24-14-17-29(18-15-24)28(34)23-10-5-4-6-11-23)27(33)20-26-25-12-8-7-9-22(25)13-19-30(26)21(2)32/h4-12,24,26H,3,13-20H2,1-2H3. The van der Waals surface area contributed by atoms with Gasteiger partial charge >= 0.3 is 0 Å². The minimum absolute atomic E-state index is 0.0158. The first-order valence-electron chi connectivity index (χ1n) is 12.5. The fourth-order valence-corrected chi connectivity index (χ4v) is 5.43. The number of fused-ring (bicyclic) bond motifs is 1. The SMILES string of the molecule is CCCN(C(=O)CC1c2ccccc2CCN1C(C)=O)C1CCN(C(=O)c2ccccc2)CC1. The van der Waals surface area contributed by atoms with E-state index < -0.39 is 0 Å². The van der Waals surface area contributed by atoms with E-state index >= 15 is 0 Å². The van der Waals surface area contributed by atoms with Crippen molar-refractivity contribution in [3.05, 3.63) is 71.3 Å². The van der Waals surface area contributed by atoms with Crippen LogP contribution in [0.5, 0.6) is 0 Å². The number of benzene rings is 2. The minimum Gasteiger partial charge on any atom is -0.340 e. The van der Waals surface area contributed by atoms with Gasteiger partial charge in [0, 0.05) is 44.7 Å². The fraction of sp³-hybridized carbons (Fsp3) is 0.464. The lowest BCUT2D eigenvalue weighted by molar-refractivity contribution is -0.138. The molecule has 0 saturated carbocycles. The highest BCUT2D eigenvalue weighted by atomic mass is 16.2. The van der Waals surface area contributed by atoms with Crippen molar-refractivity contribution in [2.75, 3.05) is 26.2 Å². The minimum atomic E-state index is -0.214. The number of carbonyl (C=O) groups excluding carboxylic acids is 3. The Morgan fingerprint density at radius 1 is 0.941 bits per heavy atom. The second-order valence-corrected chi connectivity index (χ2v) is 9.36. The summed E-state index contributed by atoms with van der Waals surface area (Å²) >= 11 is 0. The van der Waals surface area contributed by atoms with Crippen LogP contribution in [0.4, 0.5) is 0 Å². The van der Waals surface area contributed by atoms with Crippen molar-refractivity contribution in [3.63, 3.8) is 0 Å². The molecule has 0 aliphatic carbocycles. The highest BCUT2D eigenvalue weighted by Gasteiger charge is 2.35. The van der Waals surface area contributed by atoms with E-state index in [1.165, 1.54) is 5.56 Å². The van der Waals surface area contributed by atoms with Crippen LogP contribution in [-0.2, 0) is 16.0 Å². The summed E-state index contributed by atoms with van der Waals surface area (Å²) < 4.78 is 0. The Balaban J connectivity index is 1.45. The summed E-state index contributed by atoms with van der Waals surface area (Å²) in [5.41, 5.74) is 3.03. The molecule has 1 fully saturated rings. The van der Waals surface area contributed by atoms with Crippen molar-refractivity contribution in [3.8, 4) is 0 Å². The number of hydrogen-bond donors (Lipinski definition) is 0. The number of rotatable bonds is 6. The number of nitrogens with zero attached hydrogens (tertiary/aromatic N) is 3. The molecule has 0 spiro atoms. The number of carbonyl (C=O) groups is 3. The third kappa shape index (κ3) is 5.16. The molecule has 0 N–H and O–H groups in total. The Morgan fingerprint density at radius 3 is 2.29 bits per heavy atom. The van der Waals surface area contributed by atoms with Crippen molar-refractivity contribution >= 4 is 17.7 Å². The lowest BCUT2D eigenvalue weighted by atomic mass is 9.90. The van der Waals surface area contributed by atoms with Gasteiger partial charge in [-0.25, -0.2) is 0 Å². The molecule has 0 radical (unpaired) electrons. The van der Waals surface area contributed by atoms with Gasteiger partial charge in [-0.05, 0) is 48.9 Å². The molecular weight excluding hydrogens is 426 g/mol. The van der Waals surface area contributed by atoms with Crippen molar-refractivity contribution in [1.29, 1.82) is 0 Å². The van der Waals surface area contributed by atoms with E-state index in [2.05, 4.69) is 19.1 Å². The summed E-state index contributed by atoms with van der Waals surface area (Å²) in [6.07, 6.45) is 3.57. The van der Waals surface area contributed by atoms with Crippen molar-refractivity contribution in [1.82, 2.24) is 14.7 Å². The summed E-state index contributed by atoms with van der Waals surface area (Å²) in [6, 6.07) is 17.5. The van der Waals surface area contributed by atoms with E-state index in [-0.39, 0.29) is 29.8 Å². The van der Waals surface area contributed by atoms with Gasteiger partial charge in [0.05, 0.1) is 12.5 Å². The average molecular weight is 462 g/mol. The average Bonchev–Trinajstić information content (AvgIpc) is 2.87. The van der Waals surface area contributed by atoms with Gasteiger partial charge in [0.1, 0.15) is 0 Å². The first-order chi connectivity index (χ1) is 16.5. The Bertz CT molecular complexity index is 1010. The predicted molar refractivity (Wildman–Crippen MR) is 132 cm³/mol. The molecule has 2 aliphatic heterocycles. The topological polar surface area (TPSA) is 60.9 Å². The van der Waals surface area contributed by atoms with Gasteiger partial charge in [0.25, 0.3) is 5.91 Å². The number of likely N-dealkylation sites (tertiary alicyclic amines) is 1. The first-order valence-corrected chi connectivity index (χ1v) is 12.5. The Hall–Kier alpha value is -3.15. The molecule has 4 rings (SSSR count). The van der Waals surface area contributed by atoms with Crippen LogP contribution in [0.3, 0.4) is 0 Å². The van der Waals surface area contributed by atoms with Crippen LogP contribution in [0.15, 0.2) is 54.6 Å². The van der Waals surface area contributed by atoms with Crippen LogP contribution >= 0.6 is 0 Å². The fourth-order valence-electron chi connectivity index (χ4n) is 5.43. The molecular formula is C28H35N3O3. The molecule has 1 atom stereocenters. The molecule has 6 heteroatoms. The molecule has 0 bridgehead atoms. The van der Waals surface area contributed by atoms with Gasteiger partial charge in [-0.1, -0.05) is 49.4 Å². The maximum absolute atomic E-state index is 13.6. The van der Waals surface area contributed by atoms with Gasteiger partial charge in [0.2, 0.25) is 11.8 Å². The van der Waals surface area contributed by atoms with Crippen molar-refractivity contribution in [2.24, 2.45) is 0 Å². The Kier molecular flexibility index (Phi) is 7.66. The molecule has 180 valence electrons. The van der Waals surface area contributed by atoms with Crippen LogP contribution in [0.2, 0.25) is 0 Å². The van der Waals surface area contributed by atoms with Crippen LogP contribution < -0.4 is 0 Å². The maximum Gasteiger partial charge on any atom is 0.253 e. The number of piperidine rings is 1. The summed E-state index contributed by atoms with van der Waals surface area (Å²) in [5, 5.41) is 0. The van der Waals surface area contributed by atoms with Crippen molar-refractivity contribution in [2.45, 2.75) is 58.0 Å². The molecule has 6 nitrogen and oxygen atoms in total. The molecule has 2 aliphatic rings. The number of amides is 3. The van der Waals surface area contributed by atoms with Crippen LogP contribution in [0, 0.1) is 0 Å². The molecule has 2 aromatic carbocycles. The van der Waals surface area contributed by atoms with E-state index in [0.29, 0.717) is 38.2 Å². The molecule has 34 heavy (non-hydrogen) atoms. The molecule has 2 aromatic rings. The predicted octanol–water partition coefficient (Wildman–Crippen LogP) is 4.07. The zero-order chi connectivity index (χ0) is 24.1. The van der Waals surface area contributed by atoms with E-state index in [1.54, 1.807) is 6.92 Å². The molecule has 2 heterocycles. The number of hydrogen-bond acceptors (Lipinski definition) is 3. The Labute approximate surface area is 202 Å². The highest BCUT2D eigenvalue weighted by Crippen LogP contribution is 2.33. The molecule has 1 saturated heterocycles. The third-order valence-electron chi connectivity index (χ3n) is 7.18. The summed E-state index contributed by atoms with van der Waals surface area (Å²) in [7, 11) is 0. The maximum atomic E-state index is 13.6. The van der Waals surface area contributed by atoms with E-state index in [0.717, 1.165) is 31.2 Å². The van der Waals surface area contributed by atoms with Crippen LogP contribution in [-0.4, -0.2) is 64.6 Å². The second-order valence-electron chi connectivity index (χ2n) is 9.36. The summed E-state index contributed by atoms with van der Waals surface area (Å²) in [4.78, 5) is 44.6. The van der Waals surface area contributed by atoms with Crippen LogP contribution in [0.25, 0.3) is 0 Å². The monoisotopic (exact) mass is 461 g/mol. The lowest BCUT2D eigenvalue weighted by Crippen LogP contribution is -2.50. The first kappa shape index (κ1) is 24.0. The molecule has 0 aromatic heterocycles. The van der Waals surface area contributed by atoms with Crippen molar-refractivity contribution < 1.29 is 14.4 Å². The zero-order valence-corrected chi connectivity index (χ0v) is 20.3. The van der Waals surface area contributed by atoms with E-state index in [9.17, 15) is 14.4 Å². The molecule has 1 unspecified atom stereocenters. The zero-order valence-electron chi connectivity index (χ0n) is 20.3. The van der Waals surface area contributed by atoms with E-state index in [4.69, 9.17) is 0 Å².